The van der Waals surface area contributed by atoms with Gasteiger partial charge in [0.2, 0.25) is 0 Å². The average Bonchev–Trinajstić information content (AvgIpc) is 2.62. The van der Waals surface area contributed by atoms with Gasteiger partial charge in [-0.1, -0.05) is 11.6 Å². The van der Waals surface area contributed by atoms with Crippen molar-refractivity contribution >= 4 is 11.9 Å². The highest BCUT2D eigenvalue weighted by Crippen LogP contribution is 2.44. The minimum absolute atomic E-state index is 0.0302. The van der Waals surface area contributed by atoms with E-state index in [1.54, 1.807) is 0 Å². The Kier molecular flexibility index (Phi) is 2.50. The fraction of sp³-hybridized carbons (Fsp3) is 0.636. The molecule has 82 valence electrons. The molecule has 0 aromatic rings. The van der Waals surface area contributed by atoms with Gasteiger partial charge in [-0.05, 0) is 31.6 Å². The standard InChI is InChI=1S/C11H14O4/c12-10(13)8-5-4-6-2-1-3-7(6)9(8)11(14)15/h4,7-9H,1-3,5H2,(H,12,13)(H,14,15). The van der Waals surface area contributed by atoms with Crippen LogP contribution in [-0.4, -0.2) is 22.2 Å². The molecular formula is C11H14O4. The van der Waals surface area contributed by atoms with Gasteiger partial charge in [-0.15, -0.1) is 0 Å². The summed E-state index contributed by atoms with van der Waals surface area (Å²) in [4.78, 5) is 22.1. The van der Waals surface area contributed by atoms with E-state index in [2.05, 4.69) is 0 Å². The zero-order chi connectivity index (χ0) is 11.0. The summed E-state index contributed by atoms with van der Waals surface area (Å²) in [6.07, 6.45) is 5.08. The number of rotatable bonds is 2. The summed E-state index contributed by atoms with van der Waals surface area (Å²) >= 11 is 0. The maximum absolute atomic E-state index is 11.1. The van der Waals surface area contributed by atoms with Crippen LogP contribution in [0.25, 0.3) is 0 Å². The van der Waals surface area contributed by atoms with Gasteiger partial charge in [0.15, 0.2) is 0 Å². The van der Waals surface area contributed by atoms with E-state index in [0.29, 0.717) is 6.42 Å². The van der Waals surface area contributed by atoms with Crippen LogP contribution < -0.4 is 0 Å². The molecule has 0 saturated heterocycles. The van der Waals surface area contributed by atoms with Crippen molar-refractivity contribution in [2.45, 2.75) is 25.7 Å². The maximum Gasteiger partial charge on any atom is 0.307 e. The zero-order valence-corrected chi connectivity index (χ0v) is 8.35. The third-order valence-corrected chi connectivity index (χ3v) is 3.56. The highest BCUT2D eigenvalue weighted by Gasteiger charge is 2.44. The normalized spacial score (nSPS) is 34.4. The molecule has 4 heteroatoms. The Morgan fingerprint density at radius 2 is 2.00 bits per heavy atom. The number of carboxylic acid groups (broad SMARTS) is 2. The summed E-state index contributed by atoms with van der Waals surface area (Å²) in [6, 6.07) is 0. The lowest BCUT2D eigenvalue weighted by Crippen LogP contribution is -2.37. The van der Waals surface area contributed by atoms with Crippen LogP contribution in [0.4, 0.5) is 0 Å². The molecule has 2 aliphatic carbocycles. The summed E-state index contributed by atoms with van der Waals surface area (Å²) in [7, 11) is 0. The number of hydrogen-bond acceptors (Lipinski definition) is 2. The van der Waals surface area contributed by atoms with Gasteiger partial charge in [0, 0.05) is 0 Å². The first kappa shape index (κ1) is 10.2. The topological polar surface area (TPSA) is 74.6 Å². The fourth-order valence-electron chi connectivity index (χ4n) is 2.86. The van der Waals surface area contributed by atoms with E-state index >= 15 is 0 Å². The average molecular weight is 210 g/mol. The van der Waals surface area contributed by atoms with E-state index < -0.39 is 23.8 Å². The van der Waals surface area contributed by atoms with Crippen LogP contribution in [0, 0.1) is 17.8 Å². The van der Waals surface area contributed by atoms with Crippen LogP contribution in [0.2, 0.25) is 0 Å². The van der Waals surface area contributed by atoms with E-state index in [4.69, 9.17) is 10.2 Å². The molecule has 2 N–H and O–H groups in total. The van der Waals surface area contributed by atoms with Crippen LogP contribution in [0.5, 0.6) is 0 Å². The van der Waals surface area contributed by atoms with Gasteiger partial charge >= 0.3 is 11.9 Å². The zero-order valence-electron chi connectivity index (χ0n) is 8.35. The summed E-state index contributed by atoms with van der Waals surface area (Å²) < 4.78 is 0. The summed E-state index contributed by atoms with van der Waals surface area (Å²) in [5.41, 5.74) is 1.17. The van der Waals surface area contributed by atoms with Crippen molar-refractivity contribution in [1.29, 1.82) is 0 Å². The smallest absolute Gasteiger partial charge is 0.307 e. The van der Waals surface area contributed by atoms with Crippen LogP contribution in [0.1, 0.15) is 25.7 Å². The number of carboxylic acids is 2. The molecule has 1 saturated carbocycles. The summed E-state index contributed by atoms with van der Waals surface area (Å²) in [5, 5.41) is 18.1. The number of carbonyl (C=O) groups is 2. The van der Waals surface area contributed by atoms with Gasteiger partial charge in [-0.3, -0.25) is 9.59 Å². The first-order chi connectivity index (χ1) is 7.11. The minimum atomic E-state index is -0.982. The molecule has 2 rings (SSSR count). The van der Waals surface area contributed by atoms with Gasteiger partial charge in [0.1, 0.15) is 0 Å². The van der Waals surface area contributed by atoms with E-state index in [0.717, 1.165) is 19.3 Å². The molecule has 0 bridgehead atoms. The molecular weight excluding hydrogens is 196 g/mol. The molecule has 0 spiro atoms. The monoisotopic (exact) mass is 210 g/mol. The maximum atomic E-state index is 11.1. The van der Waals surface area contributed by atoms with Crippen LogP contribution in [0.15, 0.2) is 11.6 Å². The second kappa shape index (κ2) is 3.68. The second-order valence-corrected chi connectivity index (χ2v) is 4.32. The third kappa shape index (κ3) is 1.64. The Labute approximate surface area is 87.6 Å². The van der Waals surface area contributed by atoms with Gasteiger partial charge < -0.3 is 10.2 Å². The van der Waals surface area contributed by atoms with Crippen molar-refractivity contribution in [2.75, 3.05) is 0 Å². The predicted octanol–water partition coefficient (Wildman–Crippen LogP) is 1.52. The van der Waals surface area contributed by atoms with Crippen molar-refractivity contribution in [1.82, 2.24) is 0 Å². The Balaban J connectivity index is 2.30. The lowest BCUT2D eigenvalue weighted by atomic mass is 9.73. The van der Waals surface area contributed by atoms with E-state index in [-0.39, 0.29) is 5.92 Å². The Morgan fingerprint density at radius 1 is 1.27 bits per heavy atom. The van der Waals surface area contributed by atoms with Crippen molar-refractivity contribution in [3.8, 4) is 0 Å². The molecule has 0 aromatic heterocycles. The van der Waals surface area contributed by atoms with Gasteiger partial charge in [0.25, 0.3) is 0 Å². The third-order valence-electron chi connectivity index (χ3n) is 3.56. The highest BCUT2D eigenvalue weighted by molar-refractivity contribution is 5.81. The molecule has 0 aliphatic heterocycles. The molecule has 0 aromatic carbocycles. The first-order valence-corrected chi connectivity index (χ1v) is 5.26. The molecule has 4 nitrogen and oxygen atoms in total. The first-order valence-electron chi connectivity index (χ1n) is 5.26. The molecule has 2 aliphatic rings. The lowest BCUT2D eigenvalue weighted by Gasteiger charge is -2.30. The summed E-state index contributed by atoms with van der Waals surface area (Å²) in [5.74, 6) is -3.43. The van der Waals surface area contributed by atoms with E-state index in [1.807, 2.05) is 6.08 Å². The van der Waals surface area contributed by atoms with Crippen LogP contribution in [-0.2, 0) is 9.59 Å². The number of hydrogen-bond donors (Lipinski definition) is 2. The van der Waals surface area contributed by atoms with Crippen molar-refractivity contribution in [3.63, 3.8) is 0 Å². The Hall–Kier alpha value is -1.32. The lowest BCUT2D eigenvalue weighted by molar-refractivity contribution is -0.155. The van der Waals surface area contributed by atoms with E-state index in [9.17, 15) is 9.59 Å². The highest BCUT2D eigenvalue weighted by atomic mass is 16.4. The fourth-order valence-corrected chi connectivity index (χ4v) is 2.86. The summed E-state index contributed by atoms with van der Waals surface area (Å²) in [6.45, 7) is 0. The molecule has 0 radical (unpaired) electrons. The minimum Gasteiger partial charge on any atom is -0.481 e. The molecule has 0 amide bonds. The molecule has 1 fully saturated rings. The number of allylic oxidation sites excluding steroid dienone is 2. The predicted molar refractivity (Wildman–Crippen MR) is 52.3 cm³/mol. The molecule has 3 unspecified atom stereocenters. The number of fused-ring (bicyclic) bond motifs is 1. The van der Waals surface area contributed by atoms with Gasteiger partial charge in [-0.2, -0.15) is 0 Å². The van der Waals surface area contributed by atoms with Crippen molar-refractivity contribution < 1.29 is 19.8 Å². The number of aliphatic carboxylic acids is 2. The van der Waals surface area contributed by atoms with Crippen molar-refractivity contribution in [3.05, 3.63) is 11.6 Å². The molecule has 15 heavy (non-hydrogen) atoms. The van der Waals surface area contributed by atoms with Crippen LogP contribution in [0.3, 0.4) is 0 Å². The largest absolute Gasteiger partial charge is 0.481 e. The molecule has 0 heterocycles. The van der Waals surface area contributed by atoms with Crippen LogP contribution >= 0.6 is 0 Å². The van der Waals surface area contributed by atoms with Gasteiger partial charge in [0.05, 0.1) is 11.8 Å². The Bertz CT molecular complexity index is 329. The SMILES string of the molecule is O=C(O)C1CC=C2CCCC2C1C(=O)O. The molecule has 3 atom stereocenters. The van der Waals surface area contributed by atoms with Gasteiger partial charge in [-0.25, -0.2) is 0 Å². The quantitative estimate of drug-likeness (QED) is 0.677. The second-order valence-electron chi connectivity index (χ2n) is 4.32. The van der Waals surface area contributed by atoms with E-state index in [1.165, 1.54) is 5.57 Å². The Morgan fingerprint density at radius 3 is 2.60 bits per heavy atom. The van der Waals surface area contributed by atoms with Crippen molar-refractivity contribution in [2.24, 2.45) is 17.8 Å².